The molecule has 36 heavy (non-hydrogen) atoms. The third-order valence-electron chi connectivity index (χ3n) is 7.77. The number of rotatable bonds is 5. The van der Waals surface area contributed by atoms with Gasteiger partial charge in [0.15, 0.2) is 5.65 Å². The molecule has 1 amide bonds. The van der Waals surface area contributed by atoms with Gasteiger partial charge in [0.2, 0.25) is 0 Å². The Bertz CT molecular complexity index is 1370. The zero-order valence-electron chi connectivity index (χ0n) is 20.6. The Morgan fingerprint density at radius 3 is 2.39 bits per heavy atom. The molecule has 2 bridgehead atoms. The number of piperidine rings is 1. The second-order valence-corrected chi connectivity index (χ2v) is 9.64. The minimum Gasteiger partial charge on any atom is -0.453 e. The molecule has 6 rings (SSSR count). The van der Waals surface area contributed by atoms with Crippen molar-refractivity contribution in [3.63, 3.8) is 0 Å². The van der Waals surface area contributed by atoms with Crippen LogP contribution in [0.15, 0.2) is 61.1 Å². The van der Waals surface area contributed by atoms with Crippen molar-refractivity contribution in [3.8, 4) is 22.4 Å². The molecule has 2 atom stereocenters. The molecule has 2 saturated heterocycles. The molecule has 184 valence electrons. The number of pyridine rings is 1. The summed E-state index contributed by atoms with van der Waals surface area (Å²) in [5.74, 6) is 0.459. The van der Waals surface area contributed by atoms with Gasteiger partial charge in [-0.05, 0) is 68.1 Å². The van der Waals surface area contributed by atoms with Crippen LogP contribution in [0.4, 0.5) is 10.5 Å². The highest BCUT2D eigenvalue weighted by Crippen LogP contribution is 2.44. The van der Waals surface area contributed by atoms with E-state index in [0.29, 0.717) is 23.7 Å². The summed E-state index contributed by atoms with van der Waals surface area (Å²) in [6.07, 6.45) is 9.93. The number of ether oxygens (including phenoxy) is 1. The Labute approximate surface area is 210 Å². The van der Waals surface area contributed by atoms with Gasteiger partial charge in [0.25, 0.3) is 0 Å². The average Bonchev–Trinajstić information content (AvgIpc) is 3.43. The second-order valence-electron chi connectivity index (χ2n) is 9.64. The summed E-state index contributed by atoms with van der Waals surface area (Å²) in [6, 6.07) is 15.1. The highest BCUT2D eigenvalue weighted by molar-refractivity contribution is 5.91. The monoisotopic (exact) mass is 482 g/mol. The topological polar surface area (TPSA) is 84.7 Å². The van der Waals surface area contributed by atoms with Crippen molar-refractivity contribution in [1.29, 1.82) is 0 Å². The summed E-state index contributed by atoms with van der Waals surface area (Å²) in [5, 5.41) is 7.86. The first-order chi connectivity index (χ1) is 17.7. The zero-order valence-corrected chi connectivity index (χ0v) is 20.6. The van der Waals surface area contributed by atoms with Crippen molar-refractivity contribution in [1.82, 2.24) is 24.5 Å². The van der Waals surface area contributed by atoms with Gasteiger partial charge in [-0.25, -0.2) is 14.3 Å². The van der Waals surface area contributed by atoms with Gasteiger partial charge in [0.05, 0.1) is 12.7 Å². The minimum absolute atomic E-state index is 0.459. The molecule has 8 nitrogen and oxygen atoms in total. The summed E-state index contributed by atoms with van der Waals surface area (Å²) >= 11 is 0. The van der Waals surface area contributed by atoms with E-state index in [-0.39, 0.29) is 0 Å². The predicted molar refractivity (Wildman–Crippen MR) is 139 cm³/mol. The third-order valence-corrected chi connectivity index (χ3v) is 7.77. The summed E-state index contributed by atoms with van der Waals surface area (Å²) in [5.41, 5.74) is 6.57. The fourth-order valence-electron chi connectivity index (χ4n) is 6.17. The summed E-state index contributed by atoms with van der Waals surface area (Å²) < 4.78 is 6.78. The lowest BCUT2D eigenvalue weighted by atomic mass is 9.88. The number of carbonyl (C=O) groups excluding carboxylic acids is 1. The quantitative estimate of drug-likeness (QED) is 0.412. The number of nitrogens with one attached hydrogen (secondary N) is 1. The molecule has 0 radical (unpaired) electrons. The molecule has 0 saturated carbocycles. The number of anilines is 1. The van der Waals surface area contributed by atoms with Crippen LogP contribution in [0.5, 0.6) is 0 Å². The first kappa shape index (κ1) is 22.7. The maximum Gasteiger partial charge on any atom is 0.411 e. The fraction of sp³-hybridized carbons (Fsp3) is 0.357. The molecule has 8 heteroatoms. The summed E-state index contributed by atoms with van der Waals surface area (Å²) in [6.45, 7) is 3.41. The average molecular weight is 483 g/mol. The predicted octanol–water partition coefficient (Wildman–Crippen LogP) is 5.37. The van der Waals surface area contributed by atoms with Crippen LogP contribution < -0.4 is 5.32 Å². The van der Waals surface area contributed by atoms with Crippen LogP contribution in [0.2, 0.25) is 0 Å². The molecule has 2 aliphatic rings. The smallest absolute Gasteiger partial charge is 0.411 e. The molecule has 0 spiro atoms. The Morgan fingerprint density at radius 2 is 1.72 bits per heavy atom. The van der Waals surface area contributed by atoms with E-state index in [9.17, 15) is 4.79 Å². The van der Waals surface area contributed by atoms with Gasteiger partial charge in [-0.2, -0.15) is 5.10 Å². The third kappa shape index (κ3) is 3.91. The molecule has 1 aromatic carbocycles. The summed E-state index contributed by atoms with van der Waals surface area (Å²) in [7, 11) is 1.35. The maximum atomic E-state index is 11.6. The first-order valence-corrected chi connectivity index (χ1v) is 12.7. The number of methoxy groups -OCH3 is 1. The molecule has 3 aromatic heterocycles. The highest BCUT2D eigenvalue weighted by atomic mass is 16.5. The Kier molecular flexibility index (Phi) is 5.89. The normalized spacial score (nSPS) is 21.6. The highest BCUT2D eigenvalue weighted by Gasteiger charge is 2.41. The van der Waals surface area contributed by atoms with Crippen molar-refractivity contribution in [2.24, 2.45) is 0 Å². The van der Waals surface area contributed by atoms with Gasteiger partial charge in [-0.15, -0.1) is 0 Å². The maximum absolute atomic E-state index is 11.6. The Balaban J connectivity index is 1.45. The molecule has 2 unspecified atom stereocenters. The first-order valence-electron chi connectivity index (χ1n) is 12.7. The molecule has 5 heterocycles. The summed E-state index contributed by atoms with van der Waals surface area (Å²) in [4.78, 5) is 23.3. The number of fused-ring (bicyclic) bond motifs is 3. The number of hydrogen-bond acceptors (Lipinski definition) is 6. The lowest BCUT2D eigenvalue weighted by molar-refractivity contribution is 0.132. The van der Waals surface area contributed by atoms with Gasteiger partial charge < -0.3 is 4.74 Å². The van der Waals surface area contributed by atoms with Crippen LogP contribution in [-0.2, 0) is 4.74 Å². The van der Waals surface area contributed by atoms with Crippen LogP contribution in [0, 0.1) is 0 Å². The number of benzene rings is 1. The second kappa shape index (κ2) is 9.35. The van der Waals surface area contributed by atoms with Gasteiger partial charge in [0.1, 0.15) is 5.69 Å². The van der Waals surface area contributed by atoms with E-state index in [1.165, 1.54) is 25.6 Å². The van der Waals surface area contributed by atoms with Crippen LogP contribution in [0.3, 0.4) is 0 Å². The number of aromatic nitrogens is 4. The van der Waals surface area contributed by atoms with Crippen molar-refractivity contribution < 1.29 is 9.53 Å². The van der Waals surface area contributed by atoms with Crippen molar-refractivity contribution in [3.05, 3.63) is 66.7 Å². The van der Waals surface area contributed by atoms with E-state index >= 15 is 0 Å². The lowest BCUT2D eigenvalue weighted by Gasteiger charge is -2.38. The molecular formula is C28H30N6O2. The van der Waals surface area contributed by atoms with Crippen LogP contribution in [-0.4, -0.2) is 56.3 Å². The van der Waals surface area contributed by atoms with Crippen molar-refractivity contribution in [2.75, 3.05) is 19.0 Å². The Morgan fingerprint density at radius 1 is 1.00 bits per heavy atom. The van der Waals surface area contributed by atoms with Crippen LogP contribution in [0.1, 0.15) is 44.2 Å². The zero-order chi connectivity index (χ0) is 24.6. The van der Waals surface area contributed by atoms with Gasteiger partial charge in [0, 0.05) is 53.5 Å². The van der Waals surface area contributed by atoms with Gasteiger partial charge in [-0.1, -0.05) is 19.1 Å². The van der Waals surface area contributed by atoms with E-state index in [2.05, 4.69) is 32.7 Å². The number of nitrogens with zero attached hydrogens (tertiary/aromatic N) is 5. The van der Waals surface area contributed by atoms with Gasteiger partial charge >= 0.3 is 6.09 Å². The van der Waals surface area contributed by atoms with Crippen molar-refractivity contribution in [2.45, 2.75) is 50.6 Å². The van der Waals surface area contributed by atoms with Crippen LogP contribution >= 0.6 is 0 Å². The van der Waals surface area contributed by atoms with E-state index in [0.717, 1.165) is 47.4 Å². The molecular weight excluding hydrogens is 452 g/mol. The fourth-order valence-corrected chi connectivity index (χ4v) is 6.17. The SMILES string of the molecule is CCN1C2CCC1CC(c1ccnc3c(-c4ccc(NC(=O)OC)cc4)c(-c4ccncc4)nn13)C2. The Hall–Kier alpha value is -3.78. The molecule has 0 aliphatic carbocycles. The minimum atomic E-state index is -0.495. The standard InChI is InChI=1S/C28H30N6O2/c1-3-33-22-8-9-23(33)17-20(16-22)24-12-15-30-27-25(18-4-6-21(7-5-18)31-28(35)36-2)26(32-34(24)27)19-10-13-29-14-11-19/h4-7,10-15,20,22-23H,3,8-9,16-17H2,1-2H3,(H,31,35). The van der Waals surface area contributed by atoms with E-state index in [1.54, 1.807) is 12.4 Å². The van der Waals surface area contributed by atoms with Crippen molar-refractivity contribution >= 4 is 17.4 Å². The number of carbonyl (C=O) groups is 1. The van der Waals surface area contributed by atoms with E-state index in [1.807, 2.05) is 42.6 Å². The number of hydrogen-bond donors (Lipinski definition) is 1. The molecule has 1 N–H and O–H groups in total. The van der Waals surface area contributed by atoms with Crippen LogP contribution in [0.25, 0.3) is 28.0 Å². The van der Waals surface area contributed by atoms with E-state index < -0.39 is 6.09 Å². The largest absolute Gasteiger partial charge is 0.453 e. The molecule has 2 fully saturated rings. The van der Waals surface area contributed by atoms with E-state index in [4.69, 9.17) is 14.8 Å². The molecule has 2 aliphatic heterocycles. The molecule has 4 aromatic rings. The number of amides is 1. The van der Waals surface area contributed by atoms with Gasteiger partial charge in [-0.3, -0.25) is 15.2 Å². The lowest BCUT2D eigenvalue weighted by Crippen LogP contribution is -2.42.